The van der Waals surface area contributed by atoms with Gasteiger partial charge in [0.2, 0.25) is 0 Å². The Labute approximate surface area is 118 Å². The van der Waals surface area contributed by atoms with Crippen LogP contribution < -0.4 is 4.90 Å². The highest BCUT2D eigenvalue weighted by Gasteiger charge is 2.70. The lowest BCUT2D eigenvalue weighted by Gasteiger charge is -2.45. The van der Waals surface area contributed by atoms with Gasteiger partial charge < -0.3 is 10.0 Å². The molecule has 1 aromatic rings. The van der Waals surface area contributed by atoms with Gasteiger partial charge in [0.15, 0.2) is 11.4 Å². The first-order chi connectivity index (χ1) is 9.52. The van der Waals surface area contributed by atoms with Gasteiger partial charge in [0.1, 0.15) is 5.54 Å². The Morgan fingerprint density at radius 1 is 1.35 bits per heavy atom. The topological polar surface area (TPSA) is 40.5 Å². The van der Waals surface area contributed by atoms with Crippen LogP contribution in [0.4, 0.5) is 5.69 Å². The number of para-hydroxylation sites is 1. The van der Waals surface area contributed by atoms with Crippen molar-refractivity contribution < 1.29 is 9.90 Å². The maximum absolute atomic E-state index is 13.0. The third kappa shape index (κ3) is 1.06. The van der Waals surface area contributed by atoms with Gasteiger partial charge in [-0.25, -0.2) is 0 Å². The molecule has 0 spiro atoms. The van der Waals surface area contributed by atoms with Crippen molar-refractivity contribution in [2.24, 2.45) is 11.8 Å². The van der Waals surface area contributed by atoms with Gasteiger partial charge in [-0.3, -0.25) is 4.79 Å². The Kier molecular flexibility index (Phi) is 2.14. The van der Waals surface area contributed by atoms with E-state index in [-0.39, 0.29) is 17.6 Å². The quantitative estimate of drug-likeness (QED) is 0.734. The number of hydrogen-bond acceptors (Lipinski definition) is 3. The van der Waals surface area contributed by atoms with Crippen LogP contribution in [0.15, 0.2) is 36.4 Å². The molecule has 3 nitrogen and oxygen atoms in total. The van der Waals surface area contributed by atoms with Crippen molar-refractivity contribution in [1.29, 1.82) is 0 Å². The summed E-state index contributed by atoms with van der Waals surface area (Å²) in [6.07, 6.45) is 6.13. The maximum Gasteiger partial charge on any atom is 0.195 e. The third-order valence-corrected chi connectivity index (χ3v) is 5.80. The highest BCUT2D eigenvalue weighted by Crippen LogP contribution is 2.60. The predicted octanol–water partition coefficient (Wildman–Crippen LogP) is 2.25. The lowest BCUT2D eigenvalue weighted by atomic mass is 9.76. The molecule has 0 amide bonds. The first-order valence-corrected chi connectivity index (χ1v) is 7.29. The molecular formula is C17H19NO2. The number of Topliss-reactive ketones (excluding diaryl/α,β-unsaturated/α-hetero) is 1. The fraction of sp³-hybridized carbons (Fsp3) is 0.471. The first-order valence-electron chi connectivity index (χ1n) is 7.29. The summed E-state index contributed by atoms with van der Waals surface area (Å²) in [5, 5.41) is 11.3. The summed E-state index contributed by atoms with van der Waals surface area (Å²) in [5.41, 5.74) is -0.193. The minimum absolute atomic E-state index is 0.0345. The molecule has 3 aliphatic rings. The van der Waals surface area contributed by atoms with Crippen LogP contribution in [-0.4, -0.2) is 23.5 Å². The fourth-order valence-electron chi connectivity index (χ4n) is 4.64. The van der Waals surface area contributed by atoms with E-state index in [2.05, 4.69) is 17.1 Å². The van der Waals surface area contributed by atoms with Crippen molar-refractivity contribution in [3.8, 4) is 0 Å². The number of rotatable bonds is 0. The second kappa shape index (κ2) is 3.53. The highest BCUT2D eigenvalue weighted by molar-refractivity contribution is 6.06. The van der Waals surface area contributed by atoms with Gasteiger partial charge in [0, 0.05) is 24.2 Å². The second-order valence-corrected chi connectivity index (χ2v) is 6.46. The van der Waals surface area contributed by atoms with Gasteiger partial charge in [-0.15, -0.1) is 0 Å². The number of aliphatic hydroxyl groups is 1. The van der Waals surface area contributed by atoms with Crippen molar-refractivity contribution in [2.45, 2.75) is 30.9 Å². The normalized spacial score (nSPS) is 41.5. The summed E-state index contributed by atoms with van der Waals surface area (Å²) < 4.78 is 0. The van der Waals surface area contributed by atoms with Gasteiger partial charge in [-0.05, 0) is 31.7 Å². The molecule has 1 heterocycles. The zero-order valence-electron chi connectivity index (χ0n) is 11.8. The Hall–Kier alpha value is -1.61. The number of nitrogens with zero attached hydrogens (tertiary/aromatic N) is 1. The number of fused-ring (bicyclic) bond motifs is 7. The Morgan fingerprint density at radius 3 is 2.90 bits per heavy atom. The Morgan fingerprint density at radius 2 is 2.10 bits per heavy atom. The van der Waals surface area contributed by atoms with Crippen LogP contribution >= 0.6 is 0 Å². The van der Waals surface area contributed by atoms with Gasteiger partial charge in [-0.1, -0.05) is 30.4 Å². The van der Waals surface area contributed by atoms with Crippen LogP contribution in [-0.2, 0) is 10.4 Å². The van der Waals surface area contributed by atoms with Crippen LogP contribution in [0.5, 0.6) is 0 Å². The van der Waals surface area contributed by atoms with E-state index in [4.69, 9.17) is 0 Å². The molecule has 1 aliphatic heterocycles. The number of hydrogen-bond donors (Lipinski definition) is 1. The van der Waals surface area contributed by atoms with Crippen molar-refractivity contribution in [2.75, 3.05) is 11.9 Å². The predicted molar refractivity (Wildman–Crippen MR) is 77.5 cm³/mol. The molecule has 2 bridgehead atoms. The highest BCUT2D eigenvalue weighted by atomic mass is 16.3. The fourth-order valence-corrected chi connectivity index (χ4v) is 4.64. The minimum atomic E-state index is -1.35. The average molecular weight is 269 g/mol. The molecule has 1 N–H and O–H groups in total. The average Bonchev–Trinajstić information content (AvgIpc) is 2.63. The molecule has 4 atom stereocenters. The monoisotopic (exact) mass is 269 g/mol. The lowest BCUT2D eigenvalue weighted by Crippen LogP contribution is -2.58. The SMILES string of the molecule is CN1c2ccccc2[C@@]2(O)C(=O)[C@]1(C)[C@H]1CCC=C[C@H]12. The van der Waals surface area contributed by atoms with Crippen molar-refractivity contribution in [1.82, 2.24) is 0 Å². The van der Waals surface area contributed by atoms with Crippen molar-refractivity contribution in [3.63, 3.8) is 0 Å². The van der Waals surface area contributed by atoms with Crippen LogP contribution in [0, 0.1) is 11.8 Å². The maximum atomic E-state index is 13.0. The summed E-state index contributed by atoms with van der Waals surface area (Å²) in [6.45, 7) is 2.00. The Bertz CT molecular complexity index is 638. The molecule has 1 aromatic carbocycles. The van der Waals surface area contributed by atoms with E-state index in [0.717, 1.165) is 24.1 Å². The van der Waals surface area contributed by atoms with E-state index in [1.54, 1.807) is 0 Å². The first kappa shape index (κ1) is 12.2. The molecule has 0 radical (unpaired) electrons. The van der Waals surface area contributed by atoms with Gasteiger partial charge >= 0.3 is 0 Å². The van der Waals surface area contributed by atoms with E-state index in [1.807, 2.05) is 38.2 Å². The molecular weight excluding hydrogens is 250 g/mol. The smallest absolute Gasteiger partial charge is 0.195 e. The minimum Gasteiger partial charge on any atom is -0.376 e. The number of carbonyl (C=O) groups is 1. The number of carbonyl (C=O) groups excluding carboxylic acids is 1. The molecule has 0 unspecified atom stereocenters. The van der Waals surface area contributed by atoms with Gasteiger partial charge in [0.05, 0.1) is 0 Å². The molecule has 104 valence electrons. The summed E-state index contributed by atoms with van der Waals surface area (Å²) >= 11 is 0. The molecule has 1 saturated carbocycles. The van der Waals surface area contributed by atoms with E-state index < -0.39 is 11.1 Å². The van der Waals surface area contributed by atoms with Gasteiger partial charge in [-0.2, -0.15) is 0 Å². The number of likely N-dealkylation sites (N-methyl/N-ethyl adjacent to an activating group) is 1. The second-order valence-electron chi connectivity index (χ2n) is 6.46. The summed E-state index contributed by atoms with van der Waals surface area (Å²) in [4.78, 5) is 15.1. The van der Waals surface area contributed by atoms with E-state index in [1.165, 1.54) is 0 Å². The summed E-state index contributed by atoms with van der Waals surface area (Å²) in [7, 11) is 1.98. The molecule has 20 heavy (non-hydrogen) atoms. The van der Waals surface area contributed by atoms with Crippen molar-refractivity contribution in [3.05, 3.63) is 42.0 Å². The van der Waals surface area contributed by atoms with Crippen LogP contribution in [0.2, 0.25) is 0 Å². The zero-order valence-corrected chi connectivity index (χ0v) is 11.8. The summed E-state index contributed by atoms with van der Waals surface area (Å²) in [5.74, 6) is 0.0509. The number of allylic oxidation sites excluding steroid dienone is 1. The number of benzene rings is 1. The van der Waals surface area contributed by atoms with E-state index >= 15 is 0 Å². The van der Waals surface area contributed by atoms with Gasteiger partial charge in [0.25, 0.3) is 0 Å². The zero-order chi connectivity index (χ0) is 14.1. The number of ketones is 1. The Balaban J connectivity index is 2.07. The molecule has 0 aromatic heterocycles. The van der Waals surface area contributed by atoms with Crippen molar-refractivity contribution >= 4 is 11.5 Å². The van der Waals surface area contributed by atoms with Crippen LogP contribution in [0.25, 0.3) is 0 Å². The molecule has 3 heteroatoms. The standard InChI is InChI=1S/C17H19NO2/c1-16-11-7-3-4-8-12(11)17(20,15(16)19)13-9-5-6-10-14(13)18(16)2/h4-6,8-12,20H,3,7H2,1-2H3/t11-,12+,16-,17+/m0/s1. The van der Waals surface area contributed by atoms with E-state index in [9.17, 15) is 9.90 Å². The molecule has 4 rings (SSSR count). The van der Waals surface area contributed by atoms with Crippen LogP contribution in [0.1, 0.15) is 25.3 Å². The van der Waals surface area contributed by atoms with Crippen LogP contribution in [0.3, 0.4) is 0 Å². The van der Waals surface area contributed by atoms with E-state index in [0.29, 0.717) is 0 Å². The third-order valence-electron chi connectivity index (χ3n) is 5.80. The number of anilines is 1. The molecule has 1 fully saturated rings. The largest absolute Gasteiger partial charge is 0.376 e. The summed E-state index contributed by atoms with van der Waals surface area (Å²) in [6, 6.07) is 7.78. The molecule has 2 aliphatic carbocycles. The lowest BCUT2D eigenvalue weighted by molar-refractivity contribution is -0.140. The molecule has 0 saturated heterocycles.